The van der Waals surface area contributed by atoms with Gasteiger partial charge in [-0.1, -0.05) is 18.2 Å². The molecular formula is C11H14O2S2. The van der Waals surface area contributed by atoms with Crippen LogP contribution in [0, 0.1) is 0 Å². The minimum atomic E-state index is 0. The largest absolute Gasteiger partial charge is 0.412 e. The van der Waals surface area contributed by atoms with Gasteiger partial charge in [-0.3, -0.25) is 4.79 Å². The SMILES string of the molecule is CC(=O)Cc1cccs1.O.c1ccsc1. The highest BCUT2D eigenvalue weighted by Gasteiger charge is 1.95. The number of carbonyl (C=O) groups excluding carboxylic acids is 1. The second-order valence-corrected chi connectivity index (χ2v) is 4.60. The molecule has 0 aliphatic carbocycles. The van der Waals surface area contributed by atoms with Gasteiger partial charge in [-0.15, -0.1) is 11.3 Å². The number of carbonyl (C=O) groups is 1. The van der Waals surface area contributed by atoms with Crippen molar-refractivity contribution in [2.45, 2.75) is 13.3 Å². The Morgan fingerprint density at radius 3 is 2.20 bits per heavy atom. The van der Waals surface area contributed by atoms with Crippen molar-refractivity contribution in [3.05, 3.63) is 45.3 Å². The molecule has 2 rings (SSSR count). The molecule has 82 valence electrons. The standard InChI is InChI=1S/C7H8OS.C4H4S.H2O/c1-6(8)5-7-3-2-4-9-7;1-2-4-5-3-1;/h2-4H,5H2,1H3;1-4H;1H2. The van der Waals surface area contributed by atoms with Crippen molar-refractivity contribution in [1.82, 2.24) is 0 Å². The fraction of sp³-hybridized carbons (Fsp3) is 0.182. The molecule has 0 aliphatic rings. The van der Waals surface area contributed by atoms with Crippen molar-refractivity contribution in [2.24, 2.45) is 0 Å². The van der Waals surface area contributed by atoms with Crippen LogP contribution in [-0.2, 0) is 11.2 Å². The molecule has 0 aliphatic heterocycles. The highest BCUT2D eigenvalue weighted by molar-refractivity contribution is 7.10. The topological polar surface area (TPSA) is 48.6 Å². The normalized spacial score (nSPS) is 8.33. The molecule has 0 saturated heterocycles. The molecule has 0 bridgehead atoms. The summed E-state index contributed by atoms with van der Waals surface area (Å²) >= 11 is 3.34. The van der Waals surface area contributed by atoms with E-state index in [1.54, 1.807) is 29.6 Å². The molecule has 0 amide bonds. The number of thiophene rings is 2. The molecule has 2 nitrogen and oxygen atoms in total. The van der Waals surface area contributed by atoms with Gasteiger partial charge in [-0.25, -0.2) is 0 Å². The number of Topliss-reactive ketones (excluding diaryl/α,β-unsaturated/α-hetero) is 1. The first-order valence-corrected chi connectivity index (χ1v) is 6.10. The maximum Gasteiger partial charge on any atom is 0.135 e. The van der Waals surface area contributed by atoms with E-state index in [9.17, 15) is 4.79 Å². The number of hydrogen-bond donors (Lipinski definition) is 0. The third-order valence-corrected chi connectivity index (χ3v) is 2.93. The van der Waals surface area contributed by atoms with Gasteiger partial charge in [0.2, 0.25) is 0 Å². The molecule has 2 aromatic heterocycles. The average molecular weight is 242 g/mol. The quantitative estimate of drug-likeness (QED) is 0.798. The summed E-state index contributed by atoms with van der Waals surface area (Å²) < 4.78 is 0. The molecule has 2 heterocycles. The van der Waals surface area contributed by atoms with E-state index >= 15 is 0 Å². The summed E-state index contributed by atoms with van der Waals surface area (Å²) in [6.07, 6.45) is 0.595. The van der Waals surface area contributed by atoms with Crippen molar-refractivity contribution in [2.75, 3.05) is 0 Å². The van der Waals surface area contributed by atoms with E-state index < -0.39 is 0 Å². The summed E-state index contributed by atoms with van der Waals surface area (Å²) in [5.41, 5.74) is 0. The van der Waals surface area contributed by atoms with Crippen LogP contribution in [0.15, 0.2) is 40.4 Å². The summed E-state index contributed by atoms with van der Waals surface area (Å²) in [5, 5.41) is 6.07. The summed E-state index contributed by atoms with van der Waals surface area (Å²) in [6.45, 7) is 1.61. The minimum Gasteiger partial charge on any atom is -0.412 e. The van der Waals surface area contributed by atoms with Crippen LogP contribution in [0.3, 0.4) is 0 Å². The molecule has 0 spiro atoms. The third kappa shape index (κ3) is 7.02. The molecule has 0 fully saturated rings. The second-order valence-electron chi connectivity index (χ2n) is 2.75. The smallest absolute Gasteiger partial charge is 0.135 e. The Morgan fingerprint density at radius 1 is 1.20 bits per heavy atom. The molecular weight excluding hydrogens is 228 g/mol. The van der Waals surface area contributed by atoms with Crippen LogP contribution in [0.1, 0.15) is 11.8 Å². The Hall–Kier alpha value is -0.970. The summed E-state index contributed by atoms with van der Waals surface area (Å²) in [7, 11) is 0. The Kier molecular flexibility index (Phi) is 7.81. The van der Waals surface area contributed by atoms with Gasteiger partial charge < -0.3 is 5.48 Å². The molecule has 4 heteroatoms. The van der Waals surface area contributed by atoms with Crippen molar-refractivity contribution in [1.29, 1.82) is 0 Å². The third-order valence-electron chi connectivity index (χ3n) is 1.43. The minimum absolute atomic E-state index is 0. The van der Waals surface area contributed by atoms with Gasteiger partial charge in [0.05, 0.1) is 0 Å². The summed E-state index contributed by atoms with van der Waals surface area (Å²) in [6, 6.07) is 7.98. The van der Waals surface area contributed by atoms with Gasteiger partial charge in [-0.05, 0) is 29.1 Å². The molecule has 2 aromatic rings. The Morgan fingerprint density at radius 2 is 1.87 bits per heavy atom. The van der Waals surface area contributed by atoms with Crippen LogP contribution in [0.4, 0.5) is 0 Å². The molecule has 0 aromatic carbocycles. The fourth-order valence-corrected chi connectivity index (χ4v) is 2.11. The average Bonchev–Trinajstić information content (AvgIpc) is 2.75. The van der Waals surface area contributed by atoms with Crippen molar-refractivity contribution in [3.8, 4) is 0 Å². The van der Waals surface area contributed by atoms with Crippen LogP contribution in [0.2, 0.25) is 0 Å². The van der Waals surface area contributed by atoms with E-state index in [-0.39, 0.29) is 11.3 Å². The first-order chi connectivity index (χ1) is 6.79. The highest BCUT2D eigenvalue weighted by Crippen LogP contribution is 2.08. The Balaban J connectivity index is 0.000000280. The van der Waals surface area contributed by atoms with Crippen LogP contribution < -0.4 is 0 Å². The van der Waals surface area contributed by atoms with Gasteiger partial charge >= 0.3 is 0 Å². The number of rotatable bonds is 2. The van der Waals surface area contributed by atoms with Crippen LogP contribution in [0.5, 0.6) is 0 Å². The Labute approximate surface area is 97.5 Å². The van der Waals surface area contributed by atoms with Gasteiger partial charge in [-0.2, -0.15) is 11.3 Å². The van der Waals surface area contributed by atoms with E-state index in [0.29, 0.717) is 6.42 Å². The van der Waals surface area contributed by atoms with E-state index in [4.69, 9.17) is 0 Å². The van der Waals surface area contributed by atoms with Gasteiger partial charge in [0, 0.05) is 11.3 Å². The lowest BCUT2D eigenvalue weighted by molar-refractivity contribution is -0.116. The van der Waals surface area contributed by atoms with Crippen LogP contribution in [-0.4, -0.2) is 11.3 Å². The lowest BCUT2D eigenvalue weighted by atomic mass is 10.3. The second kappa shape index (κ2) is 8.35. The van der Waals surface area contributed by atoms with Crippen molar-refractivity contribution >= 4 is 28.5 Å². The maximum atomic E-state index is 10.5. The molecule has 2 N–H and O–H groups in total. The molecule has 0 atom stereocenters. The van der Waals surface area contributed by atoms with E-state index in [1.807, 2.05) is 40.4 Å². The van der Waals surface area contributed by atoms with E-state index in [1.165, 1.54) is 0 Å². The lowest BCUT2D eigenvalue weighted by Gasteiger charge is -1.86. The van der Waals surface area contributed by atoms with E-state index in [2.05, 4.69) is 0 Å². The fourth-order valence-electron chi connectivity index (χ4n) is 0.885. The maximum absolute atomic E-state index is 10.5. The molecule has 15 heavy (non-hydrogen) atoms. The summed E-state index contributed by atoms with van der Waals surface area (Å²) in [5.74, 6) is 0.234. The lowest BCUT2D eigenvalue weighted by Crippen LogP contribution is -1.92. The summed E-state index contributed by atoms with van der Waals surface area (Å²) in [4.78, 5) is 11.7. The van der Waals surface area contributed by atoms with Crippen LogP contribution >= 0.6 is 22.7 Å². The zero-order valence-corrected chi connectivity index (χ0v) is 10.1. The van der Waals surface area contributed by atoms with Gasteiger partial charge in [0.25, 0.3) is 0 Å². The van der Waals surface area contributed by atoms with Crippen molar-refractivity contribution < 1.29 is 10.3 Å². The van der Waals surface area contributed by atoms with Crippen LogP contribution in [0.25, 0.3) is 0 Å². The van der Waals surface area contributed by atoms with Gasteiger partial charge in [0.1, 0.15) is 5.78 Å². The van der Waals surface area contributed by atoms with Crippen molar-refractivity contribution in [3.63, 3.8) is 0 Å². The van der Waals surface area contributed by atoms with E-state index in [0.717, 1.165) is 4.88 Å². The molecule has 0 unspecified atom stereocenters. The zero-order valence-electron chi connectivity index (χ0n) is 8.47. The number of hydrogen-bond acceptors (Lipinski definition) is 3. The molecule has 0 radical (unpaired) electrons. The first-order valence-electron chi connectivity index (χ1n) is 4.28. The first kappa shape index (κ1) is 14.0. The van der Waals surface area contributed by atoms with Gasteiger partial charge in [0.15, 0.2) is 0 Å². The predicted octanol–water partition coefficient (Wildman–Crippen LogP) is 2.80. The zero-order chi connectivity index (χ0) is 10.2. The Bertz CT molecular complexity index is 321. The number of ketones is 1. The predicted molar refractivity (Wildman–Crippen MR) is 66.6 cm³/mol. The molecule has 0 saturated carbocycles. The highest BCUT2D eigenvalue weighted by atomic mass is 32.1. The monoisotopic (exact) mass is 242 g/mol.